The molecule has 1 aliphatic rings. The van der Waals surface area contributed by atoms with Crippen LogP contribution >= 0.6 is 0 Å². The maximum atomic E-state index is 11.5. The Kier molecular flexibility index (Phi) is 4.75. The van der Waals surface area contributed by atoms with Gasteiger partial charge in [0.1, 0.15) is 0 Å². The molecule has 2 rings (SSSR count). The second kappa shape index (κ2) is 6.35. The Labute approximate surface area is 119 Å². The van der Waals surface area contributed by atoms with Gasteiger partial charge < -0.3 is 9.52 Å². The molecule has 0 aromatic carbocycles. The highest BCUT2D eigenvalue weighted by atomic mass is 16.4. The number of carboxylic acids is 1. The first-order valence-corrected chi connectivity index (χ1v) is 7.36. The van der Waals surface area contributed by atoms with E-state index in [1.165, 1.54) is 0 Å². The van der Waals surface area contributed by atoms with Crippen molar-refractivity contribution in [2.45, 2.75) is 52.5 Å². The van der Waals surface area contributed by atoms with Gasteiger partial charge in [-0.15, -0.1) is 10.2 Å². The summed E-state index contributed by atoms with van der Waals surface area (Å²) in [4.78, 5) is 13.7. The standard InChI is InChI=1S/C14H23N3O3/c1-3-5-14(13(18)19)6-8-17(9-7-14)10-12-16-15-11(4-2)20-12/h3-10H2,1-2H3,(H,18,19). The fourth-order valence-electron chi connectivity index (χ4n) is 2.87. The first kappa shape index (κ1) is 15.0. The lowest BCUT2D eigenvalue weighted by Gasteiger charge is -2.38. The number of aromatic nitrogens is 2. The zero-order valence-electron chi connectivity index (χ0n) is 12.3. The molecule has 6 nitrogen and oxygen atoms in total. The highest BCUT2D eigenvalue weighted by molar-refractivity contribution is 5.74. The van der Waals surface area contributed by atoms with Gasteiger partial charge in [-0.25, -0.2) is 0 Å². The molecule has 1 N–H and O–H groups in total. The fraction of sp³-hybridized carbons (Fsp3) is 0.786. The van der Waals surface area contributed by atoms with Crippen LogP contribution in [0.2, 0.25) is 0 Å². The molecule has 112 valence electrons. The molecule has 1 aromatic rings. The number of hydrogen-bond acceptors (Lipinski definition) is 5. The van der Waals surface area contributed by atoms with Crippen LogP contribution in [0.1, 0.15) is 51.3 Å². The quantitative estimate of drug-likeness (QED) is 0.860. The summed E-state index contributed by atoms with van der Waals surface area (Å²) in [5.41, 5.74) is -0.533. The van der Waals surface area contributed by atoms with E-state index >= 15 is 0 Å². The van der Waals surface area contributed by atoms with E-state index in [0.29, 0.717) is 31.2 Å². The third kappa shape index (κ3) is 3.17. The third-order valence-corrected chi connectivity index (χ3v) is 4.17. The number of aliphatic carboxylic acids is 1. The predicted molar refractivity (Wildman–Crippen MR) is 73.2 cm³/mol. The summed E-state index contributed by atoms with van der Waals surface area (Å²) >= 11 is 0. The molecule has 20 heavy (non-hydrogen) atoms. The van der Waals surface area contributed by atoms with Crippen molar-refractivity contribution in [1.82, 2.24) is 15.1 Å². The van der Waals surface area contributed by atoms with Gasteiger partial charge in [-0.05, 0) is 32.4 Å². The van der Waals surface area contributed by atoms with Crippen molar-refractivity contribution in [3.8, 4) is 0 Å². The normalized spacial score (nSPS) is 19.1. The molecule has 0 aliphatic carbocycles. The Morgan fingerprint density at radius 1 is 1.30 bits per heavy atom. The molecular weight excluding hydrogens is 258 g/mol. The Hall–Kier alpha value is -1.43. The van der Waals surface area contributed by atoms with E-state index < -0.39 is 11.4 Å². The lowest BCUT2D eigenvalue weighted by Crippen LogP contribution is -2.44. The molecule has 6 heteroatoms. The van der Waals surface area contributed by atoms with Gasteiger partial charge in [0.25, 0.3) is 0 Å². The minimum absolute atomic E-state index is 0.533. The maximum absolute atomic E-state index is 11.5. The second-order valence-corrected chi connectivity index (χ2v) is 5.55. The van der Waals surface area contributed by atoms with Crippen LogP contribution in [-0.4, -0.2) is 39.3 Å². The first-order chi connectivity index (χ1) is 9.59. The molecule has 0 atom stereocenters. The lowest BCUT2D eigenvalue weighted by molar-refractivity contribution is -0.152. The topological polar surface area (TPSA) is 79.5 Å². The molecule has 0 amide bonds. The van der Waals surface area contributed by atoms with Crippen molar-refractivity contribution >= 4 is 5.97 Å². The van der Waals surface area contributed by atoms with Crippen LogP contribution in [0, 0.1) is 5.41 Å². The fourth-order valence-corrected chi connectivity index (χ4v) is 2.87. The number of nitrogens with zero attached hydrogens (tertiary/aromatic N) is 3. The van der Waals surface area contributed by atoms with E-state index in [1.807, 2.05) is 13.8 Å². The third-order valence-electron chi connectivity index (χ3n) is 4.17. The molecular formula is C14H23N3O3. The van der Waals surface area contributed by atoms with Gasteiger partial charge in [-0.3, -0.25) is 9.69 Å². The van der Waals surface area contributed by atoms with Gasteiger partial charge >= 0.3 is 5.97 Å². The largest absolute Gasteiger partial charge is 0.481 e. The predicted octanol–water partition coefficient (Wildman–Crippen LogP) is 2.10. The van der Waals surface area contributed by atoms with Crippen molar-refractivity contribution in [2.75, 3.05) is 13.1 Å². The van der Waals surface area contributed by atoms with Crippen molar-refractivity contribution in [3.63, 3.8) is 0 Å². The SMILES string of the molecule is CCCC1(C(=O)O)CCN(Cc2nnc(CC)o2)CC1. The van der Waals surface area contributed by atoms with E-state index in [2.05, 4.69) is 15.1 Å². The molecule has 2 heterocycles. The molecule has 1 aliphatic heterocycles. The van der Waals surface area contributed by atoms with Crippen LogP contribution in [-0.2, 0) is 17.8 Å². The van der Waals surface area contributed by atoms with Gasteiger partial charge in [-0.2, -0.15) is 0 Å². The zero-order chi connectivity index (χ0) is 14.6. The van der Waals surface area contributed by atoms with Crippen LogP contribution in [0.4, 0.5) is 0 Å². The summed E-state index contributed by atoms with van der Waals surface area (Å²) < 4.78 is 5.50. The number of piperidine rings is 1. The smallest absolute Gasteiger partial charge is 0.309 e. The van der Waals surface area contributed by atoms with Crippen LogP contribution in [0.5, 0.6) is 0 Å². The van der Waals surface area contributed by atoms with Crippen molar-refractivity contribution in [1.29, 1.82) is 0 Å². The van der Waals surface area contributed by atoms with Gasteiger partial charge in [0.2, 0.25) is 11.8 Å². The summed E-state index contributed by atoms with van der Waals surface area (Å²) in [5.74, 6) is 0.633. The Morgan fingerprint density at radius 2 is 1.95 bits per heavy atom. The van der Waals surface area contributed by atoms with Gasteiger partial charge in [0.15, 0.2) is 0 Å². The summed E-state index contributed by atoms with van der Waals surface area (Å²) in [5, 5.41) is 17.4. The van der Waals surface area contributed by atoms with E-state index in [1.54, 1.807) is 0 Å². The maximum Gasteiger partial charge on any atom is 0.309 e. The van der Waals surface area contributed by atoms with E-state index in [0.717, 1.165) is 32.4 Å². The Morgan fingerprint density at radius 3 is 2.45 bits per heavy atom. The average Bonchev–Trinajstić information content (AvgIpc) is 2.89. The highest BCUT2D eigenvalue weighted by Gasteiger charge is 2.40. The molecule has 1 fully saturated rings. The molecule has 0 unspecified atom stereocenters. The Balaban J connectivity index is 1.91. The van der Waals surface area contributed by atoms with Crippen molar-refractivity contribution < 1.29 is 14.3 Å². The van der Waals surface area contributed by atoms with Crippen molar-refractivity contribution in [3.05, 3.63) is 11.8 Å². The first-order valence-electron chi connectivity index (χ1n) is 7.36. The van der Waals surface area contributed by atoms with E-state index in [4.69, 9.17) is 4.42 Å². The van der Waals surface area contributed by atoms with Crippen LogP contribution in [0.3, 0.4) is 0 Å². The van der Waals surface area contributed by atoms with Gasteiger partial charge in [0, 0.05) is 6.42 Å². The van der Waals surface area contributed by atoms with E-state index in [9.17, 15) is 9.90 Å². The number of likely N-dealkylation sites (tertiary alicyclic amines) is 1. The van der Waals surface area contributed by atoms with Crippen molar-refractivity contribution in [2.24, 2.45) is 5.41 Å². The van der Waals surface area contributed by atoms with Crippen LogP contribution < -0.4 is 0 Å². The summed E-state index contributed by atoms with van der Waals surface area (Å²) in [6.07, 6.45) is 3.81. The molecule has 0 saturated carbocycles. The summed E-state index contributed by atoms with van der Waals surface area (Å²) in [7, 11) is 0. The number of hydrogen-bond donors (Lipinski definition) is 1. The monoisotopic (exact) mass is 281 g/mol. The second-order valence-electron chi connectivity index (χ2n) is 5.55. The van der Waals surface area contributed by atoms with Crippen LogP contribution in [0.15, 0.2) is 4.42 Å². The average molecular weight is 281 g/mol. The molecule has 1 saturated heterocycles. The zero-order valence-corrected chi connectivity index (χ0v) is 12.3. The van der Waals surface area contributed by atoms with E-state index in [-0.39, 0.29) is 0 Å². The summed E-state index contributed by atoms with van der Waals surface area (Å²) in [6.45, 7) is 6.19. The molecule has 0 radical (unpaired) electrons. The minimum Gasteiger partial charge on any atom is -0.481 e. The Bertz CT molecular complexity index is 450. The highest BCUT2D eigenvalue weighted by Crippen LogP contribution is 2.36. The molecule has 1 aromatic heterocycles. The van der Waals surface area contributed by atoms with Gasteiger partial charge in [0.05, 0.1) is 12.0 Å². The number of carboxylic acid groups (broad SMARTS) is 1. The number of rotatable bonds is 6. The number of aryl methyl sites for hydroxylation is 1. The van der Waals surface area contributed by atoms with Crippen LogP contribution in [0.25, 0.3) is 0 Å². The number of carbonyl (C=O) groups is 1. The molecule has 0 bridgehead atoms. The lowest BCUT2D eigenvalue weighted by atomic mass is 9.75. The minimum atomic E-state index is -0.648. The van der Waals surface area contributed by atoms with Gasteiger partial charge in [-0.1, -0.05) is 20.3 Å². The molecule has 0 spiro atoms. The summed E-state index contributed by atoms with van der Waals surface area (Å²) in [6, 6.07) is 0.